The number of hydrogen-bond acceptors (Lipinski definition) is 3. The third-order valence-electron chi connectivity index (χ3n) is 5.49. The van der Waals surface area contributed by atoms with Crippen molar-refractivity contribution in [2.75, 3.05) is 18.4 Å². The van der Waals surface area contributed by atoms with Gasteiger partial charge in [0.1, 0.15) is 5.82 Å². The van der Waals surface area contributed by atoms with Gasteiger partial charge in [-0.25, -0.2) is 4.39 Å². The zero-order valence-electron chi connectivity index (χ0n) is 16.7. The molecule has 1 N–H and O–H groups in total. The average Bonchev–Trinajstić information content (AvgIpc) is 3.14. The smallest absolute Gasteiger partial charge is 0.264 e. The summed E-state index contributed by atoms with van der Waals surface area (Å²) in [6.07, 6.45) is 1.90. The van der Waals surface area contributed by atoms with E-state index in [1.54, 1.807) is 12.1 Å². The van der Waals surface area contributed by atoms with E-state index in [1.165, 1.54) is 35.1 Å². The van der Waals surface area contributed by atoms with Crippen LogP contribution in [-0.4, -0.2) is 29.8 Å². The molecule has 0 spiro atoms. The first-order valence-corrected chi connectivity index (χ1v) is 10.8. The van der Waals surface area contributed by atoms with Gasteiger partial charge in [-0.3, -0.25) is 9.59 Å². The molecule has 0 aliphatic carbocycles. The van der Waals surface area contributed by atoms with Crippen molar-refractivity contribution in [3.8, 4) is 0 Å². The molecule has 0 unspecified atom stereocenters. The lowest BCUT2D eigenvalue weighted by molar-refractivity contribution is 0.0717. The van der Waals surface area contributed by atoms with E-state index in [-0.39, 0.29) is 11.5 Å². The van der Waals surface area contributed by atoms with Crippen molar-refractivity contribution in [1.82, 2.24) is 4.90 Å². The van der Waals surface area contributed by atoms with E-state index in [4.69, 9.17) is 0 Å². The first-order valence-electron chi connectivity index (χ1n) is 10.0. The highest BCUT2D eigenvalue weighted by atomic mass is 32.1. The third-order valence-corrected chi connectivity index (χ3v) is 6.63. The number of piperidine rings is 1. The van der Waals surface area contributed by atoms with Crippen LogP contribution in [0.15, 0.2) is 60.7 Å². The molecule has 2 aromatic carbocycles. The van der Waals surface area contributed by atoms with Crippen molar-refractivity contribution in [2.24, 2.45) is 0 Å². The Balaban J connectivity index is 1.40. The molecular weight excluding hydrogens is 399 g/mol. The van der Waals surface area contributed by atoms with Crippen LogP contribution < -0.4 is 5.32 Å². The SMILES string of the molecule is Cc1cc(NC(=O)c2cccc(F)c2)sc1C(=O)N1CCC(c2ccccc2)CC1. The summed E-state index contributed by atoms with van der Waals surface area (Å²) < 4.78 is 13.4. The first kappa shape index (κ1) is 20.3. The topological polar surface area (TPSA) is 49.4 Å². The normalized spacial score (nSPS) is 14.5. The van der Waals surface area contributed by atoms with Crippen LogP contribution in [0.4, 0.5) is 9.39 Å². The molecule has 1 fully saturated rings. The molecule has 0 saturated carbocycles. The summed E-state index contributed by atoms with van der Waals surface area (Å²) >= 11 is 1.27. The number of hydrogen-bond donors (Lipinski definition) is 1. The molecule has 154 valence electrons. The number of rotatable bonds is 4. The number of amides is 2. The second-order valence-electron chi connectivity index (χ2n) is 7.56. The van der Waals surface area contributed by atoms with Crippen LogP contribution in [0, 0.1) is 12.7 Å². The number of nitrogens with zero attached hydrogens (tertiary/aromatic N) is 1. The maximum absolute atomic E-state index is 13.4. The van der Waals surface area contributed by atoms with Crippen LogP contribution in [0.3, 0.4) is 0 Å². The van der Waals surface area contributed by atoms with Crippen LogP contribution in [0.25, 0.3) is 0 Å². The van der Waals surface area contributed by atoms with Crippen LogP contribution in [-0.2, 0) is 0 Å². The number of thiophene rings is 1. The highest BCUT2D eigenvalue weighted by Crippen LogP contribution is 2.32. The molecule has 0 radical (unpaired) electrons. The molecule has 4 nitrogen and oxygen atoms in total. The summed E-state index contributed by atoms with van der Waals surface area (Å²) in [7, 11) is 0. The monoisotopic (exact) mass is 422 g/mol. The van der Waals surface area contributed by atoms with Crippen LogP contribution >= 0.6 is 11.3 Å². The minimum Gasteiger partial charge on any atom is -0.338 e. The lowest BCUT2D eigenvalue weighted by atomic mass is 9.89. The number of halogens is 1. The number of aryl methyl sites for hydroxylation is 1. The van der Waals surface area contributed by atoms with Crippen molar-refractivity contribution >= 4 is 28.2 Å². The fraction of sp³-hybridized carbons (Fsp3) is 0.250. The maximum atomic E-state index is 13.4. The van der Waals surface area contributed by atoms with Gasteiger partial charge in [-0.15, -0.1) is 11.3 Å². The van der Waals surface area contributed by atoms with E-state index >= 15 is 0 Å². The first-order chi connectivity index (χ1) is 14.5. The Labute approximate surface area is 179 Å². The molecule has 1 aliphatic rings. The predicted octanol–water partition coefficient (Wildman–Crippen LogP) is 5.47. The molecule has 0 bridgehead atoms. The van der Waals surface area contributed by atoms with Gasteiger partial charge in [0.25, 0.3) is 11.8 Å². The third kappa shape index (κ3) is 4.44. The fourth-order valence-electron chi connectivity index (χ4n) is 3.85. The summed E-state index contributed by atoms with van der Waals surface area (Å²) in [6, 6.07) is 17.8. The molecule has 6 heteroatoms. The average molecular weight is 423 g/mol. The molecule has 1 saturated heterocycles. The molecule has 3 aromatic rings. The summed E-state index contributed by atoms with van der Waals surface area (Å²) in [4.78, 5) is 28.0. The molecule has 2 heterocycles. The van der Waals surface area contributed by atoms with Crippen LogP contribution in [0.5, 0.6) is 0 Å². The zero-order chi connectivity index (χ0) is 21.1. The van der Waals surface area contributed by atoms with Crippen LogP contribution in [0.1, 0.15) is 49.9 Å². The minimum atomic E-state index is -0.459. The standard InChI is InChI=1S/C24H23FN2O2S/c1-16-14-21(26-23(28)19-8-5-9-20(25)15-19)30-22(16)24(29)27-12-10-18(11-13-27)17-6-3-2-4-7-17/h2-9,14-15,18H,10-13H2,1H3,(H,26,28). The highest BCUT2D eigenvalue weighted by molar-refractivity contribution is 7.18. The lowest BCUT2D eigenvalue weighted by Crippen LogP contribution is -2.37. The predicted molar refractivity (Wildman–Crippen MR) is 118 cm³/mol. The molecule has 2 amide bonds. The number of nitrogens with one attached hydrogen (secondary N) is 1. The van der Waals surface area contributed by atoms with Crippen molar-refractivity contribution in [3.05, 3.63) is 88.0 Å². The van der Waals surface area contributed by atoms with E-state index in [0.717, 1.165) is 31.5 Å². The number of carbonyl (C=O) groups is 2. The van der Waals surface area contributed by atoms with E-state index in [9.17, 15) is 14.0 Å². The largest absolute Gasteiger partial charge is 0.338 e. The van der Waals surface area contributed by atoms with E-state index in [0.29, 0.717) is 15.8 Å². The molecule has 0 atom stereocenters. The van der Waals surface area contributed by atoms with Gasteiger partial charge >= 0.3 is 0 Å². The van der Waals surface area contributed by atoms with Crippen LogP contribution in [0.2, 0.25) is 0 Å². The summed E-state index contributed by atoms with van der Waals surface area (Å²) in [6.45, 7) is 3.32. The van der Waals surface area contributed by atoms with Gasteiger partial charge in [0.15, 0.2) is 0 Å². The van der Waals surface area contributed by atoms with Gasteiger partial charge < -0.3 is 10.2 Å². The van der Waals surface area contributed by atoms with Gasteiger partial charge in [0.05, 0.1) is 9.88 Å². The second kappa shape index (κ2) is 8.79. The van der Waals surface area contributed by atoms with E-state index < -0.39 is 11.7 Å². The molecule has 30 heavy (non-hydrogen) atoms. The number of benzene rings is 2. The Morgan fingerprint density at radius 2 is 1.77 bits per heavy atom. The summed E-state index contributed by atoms with van der Waals surface area (Å²) in [5, 5.41) is 3.36. The van der Waals surface area contributed by atoms with Crippen molar-refractivity contribution in [2.45, 2.75) is 25.7 Å². The molecular formula is C24H23FN2O2S. The number of likely N-dealkylation sites (tertiary alicyclic amines) is 1. The zero-order valence-corrected chi connectivity index (χ0v) is 17.5. The van der Waals surface area contributed by atoms with Crippen molar-refractivity contribution in [1.29, 1.82) is 0 Å². The quantitative estimate of drug-likeness (QED) is 0.606. The minimum absolute atomic E-state index is 0.00951. The lowest BCUT2D eigenvalue weighted by Gasteiger charge is -2.32. The number of anilines is 1. The Morgan fingerprint density at radius 1 is 1.03 bits per heavy atom. The van der Waals surface area contributed by atoms with Gasteiger partial charge in [0, 0.05) is 18.7 Å². The van der Waals surface area contributed by atoms with E-state index in [2.05, 4.69) is 29.6 Å². The Bertz CT molecular complexity index is 1060. The second-order valence-corrected chi connectivity index (χ2v) is 8.62. The fourth-order valence-corrected chi connectivity index (χ4v) is 4.89. The van der Waals surface area contributed by atoms with Gasteiger partial charge in [-0.05, 0) is 61.1 Å². The molecule has 1 aliphatic heterocycles. The summed E-state index contributed by atoms with van der Waals surface area (Å²) in [5.41, 5.74) is 2.42. The van der Waals surface area contributed by atoms with Crippen molar-refractivity contribution in [3.63, 3.8) is 0 Å². The van der Waals surface area contributed by atoms with Crippen molar-refractivity contribution < 1.29 is 14.0 Å². The Kier molecular flexibility index (Phi) is 5.95. The van der Waals surface area contributed by atoms with Gasteiger partial charge in [-0.1, -0.05) is 36.4 Å². The molecule has 1 aromatic heterocycles. The van der Waals surface area contributed by atoms with Gasteiger partial charge in [-0.2, -0.15) is 0 Å². The highest BCUT2D eigenvalue weighted by Gasteiger charge is 2.26. The Hall–Kier alpha value is -2.99. The Morgan fingerprint density at radius 3 is 2.47 bits per heavy atom. The maximum Gasteiger partial charge on any atom is 0.264 e. The van der Waals surface area contributed by atoms with E-state index in [1.807, 2.05) is 17.9 Å². The number of carbonyl (C=O) groups excluding carboxylic acids is 2. The molecule has 4 rings (SSSR count). The van der Waals surface area contributed by atoms with Gasteiger partial charge in [0.2, 0.25) is 0 Å². The summed E-state index contributed by atoms with van der Waals surface area (Å²) in [5.74, 6) is -0.353.